The molecule has 0 saturated carbocycles. The lowest BCUT2D eigenvalue weighted by atomic mass is 10.1. The van der Waals surface area contributed by atoms with Crippen LogP contribution in [-0.4, -0.2) is 19.9 Å². The highest BCUT2D eigenvalue weighted by Crippen LogP contribution is 2.14. The van der Waals surface area contributed by atoms with Crippen molar-refractivity contribution in [2.45, 2.75) is 0 Å². The van der Waals surface area contributed by atoms with Gasteiger partial charge in [0.05, 0.1) is 0 Å². The first-order valence-corrected chi connectivity index (χ1v) is 6.21. The quantitative estimate of drug-likeness (QED) is 0.610. The molecular weight excluding hydrogens is 234 g/mol. The summed E-state index contributed by atoms with van der Waals surface area (Å²) in [5, 5.41) is 0. The lowest BCUT2D eigenvalue weighted by Crippen LogP contribution is -2.09. The maximum atomic E-state index is 12.1. The van der Waals surface area contributed by atoms with Gasteiger partial charge in [-0.3, -0.25) is 4.79 Å². The van der Waals surface area contributed by atoms with Gasteiger partial charge in [0.25, 0.3) is 0 Å². The number of rotatable bonds is 4. The first-order valence-electron chi connectivity index (χ1n) is 6.21. The van der Waals surface area contributed by atoms with Crippen LogP contribution in [0.4, 0.5) is 5.69 Å². The highest BCUT2D eigenvalue weighted by Gasteiger charge is 2.03. The second-order valence-corrected chi connectivity index (χ2v) is 4.55. The summed E-state index contributed by atoms with van der Waals surface area (Å²) in [6, 6.07) is 17.4. The van der Waals surface area contributed by atoms with Crippen LogP contribution < -0.4 is 4.90 Å². The number of ketones is 1. The number of hydrogen-bond donors (Lipinski definition) is 0. The van der Waals surface area contributed by atoms with Crippen LogP contribution in [-0.2, 0) is 0 Å². The van der Waals surface area contributed by atoms with Crippen molar-refractivity contribution < 1.29 is 4.79 Å². The van der Waals surface area contributed by atoms with E-state index >= 15 is 0 Å². The van der Waals surface area contributed by atoms with Crippen molar-refractivity contribution in [1.82, 2.24) is 0 Å². The molecule has 2 rings (SSSR count). The van der Waals surface area contributed by atoms with Gasteiger partial charge in [-0.05, 0) is 23.8 Å². The Hall–Kier alpha value is -2.35. The minimum atomic E-state index is 0.0209. The molecule has 0 saturated heterocycles. The lowest BCUT2D eigenvalue weighted by molar-refractivity contribution is 0.104. The molecule has 2 aromatic rings. The molecule has 0 aliphatic carbocycles. The van der Waals surface area contributed by atoms with E-state index in [1.807, 2.05) is 79.7 Å². The fourth-order valence-corrected chi connectivity index (χ4v) is 1.77. The molecule has 0 spiro atoms. The van der Waals surface area contributed by atoms with E-state index in [2.05, 4.69) is 0 Å². The number of anilines is 1. The minimum Gasteiger partial charge on any atom is -0.378 e. The van der Waals surface area contributed by atoms with E-state index in [0.29, 0.717) is 5.56 Å². The summed E-state index contributed by atoms with van der Waals surface area (Å²) in [6.45, 7) is 0. The van der Waals surface area contributed by atoms with Crippen LogP contribution in [0.15, 0.2) is 60.7 Å². The molecule has 0 bridgehead atoms. The molecule has 0 aliphatic rings. The topological polar surface area (TPSA) is 20.3 Å². The van der Waals surface area contributed by atoms with Crippen LogP contribution in [0.2, 0.25) is 0 Å². The Balaban J connectivity index is 2.16. The number of carbonyl (C=O) groups excluding carboxylic acids is 1. The number of benzene rings is 2. The van der Waals surface area contributed by atoms with Crippen molar-refractivity contribution in [3.63, 3.8) is 0 Å². The van der Waals surface area contributed by atoms with Crippen molar-refractivity contribution in [1.29, 1.82) is 0 Å². The molecule has 0 unspecified atom stereocenters. The van der Waals surface area contributed by atoms with Gasteiger partial charge in [-0.15, -0.1) is 0 Å². The third kappa shape index (κ3) is 3.55. The Labute approximate surface area is 114 Å². The molecule has 0 amide bonds. The van der Waals surface area contributed by atoms with E-state index in [1.165, 1.54) is 0 Å². The van der Waals surface area contributed by atoms with Gasteiger partial charge >= 0.3 is 0 Å². The average Bonchev–Trinajstić information content (AvgIpc) is 2.46. The van der Waals surface area contributed by atoms with Gasteiger partial charge < -0.3 is 4.90 Å². The van der Waals surface area contributed by atoms with E-state index in [1.54, 1.807) is 6.08 Å². The van der Waals surface area contributed by atoms with E-state index in [4.69, 9.17) is 0 Å². The van der Waals surface area contributed by atoms with Crippen molar-refractivity contribution in [3.05, 3.63) is 71.8 Å². The summed E-state index contributed by atoms with van der Waals surface area (Å²) in [5.74, 6) is 0.0209. The largest absolute Gasteiger partial charge is 0.378 e. The molecule has 19 heavy (non-hydrogen) atoms. The zero-order chi connectivity index (χ0) is 13.7. The van der Waals surface area contributed by atoms with Gasteiger partial charge in [0.15, 0.2) is 5.78 Å². The zero-order valence-electron chi connectivity index (χ0n) is 11.2. The third-order valence-electron chi connectivity index (χ3n) is 2.87. The Morgan fingerprint density at radius 2 is 1.74 bits per heavy atom. The summed E-state index contributed by atoms with van der Waals surface area (Å²) < 4.78 is 0. The van der Waals surface area contributed by atoms with E-state index in [9.17, 15) is 4.79 Å². The maximum Gasteiger partial charge on any atom is 0.185 e. The number of hydrogen-bond acceptors (Lipinski definition) is 2. The Morgan fingerprint density at radius 1 is 1.00 bits per heavy atom. The molecule has 0 radical (unpaired) electrons. The molecule has 2 nitrogen and oxygen atoms in total. The van der Waals surface area contributed by atoms with Crippen molar-refractivity contribution >= 4 is 17.5 Å². The zero-order valence-corrected chi connectivity index (χ0v) is 11.2. The molecule has 0 fully saturated rings. The van der Waals surface area contributed by atoms with Crippen LogP contribution in [0, 0.1) is 0 Å². The highest BCUT2D eigenvalue weighted by atomic mass is 16.1. The molecule has 96 valence electrons. The van der Waals surface area contributed by atoms with Crippen LogP contribution >= 0.6 is 0 Å². The molecule has 2 aromatic carbocycles. The molecule has 0 aliphatic heterocycles. The summed E-state index contributed by atoms with van der Waals surface area (Å²) in [5.41, 5.74) is 2.76. The van der Waals surface area contributed by atoms with Gasteiger partial charge in [0.1, 0.15) is 0 Å². The van der Waals surface area contributed by atoms with Gasteiger partial charge in [0, 0.05) is 25.3 Å². The van der Waals surface area contributed by atoms with Crippen molar-refractivity contribution in [2.75, 3.05) is 19.0 Å². The molecule has 0 N–H and O–H groups in total. The van der Waals surface area contributed by atoms with Gasteiger partial charge in [-0.1, -0.05) is 48.5 Å². The Kier molecular flexibility index (Phi) is 4.14. The predicted octanol–water partition coefficient (Wildman–Crippen LogP) is 3.65. The summed E-state index contributed by atoms with van der Waals surface area (Å²) in [7, 11) is 3.92. The fraction of sp³-hybridized carbons (Fsp3) is 0.118. The normalized spacial score (nSPS) is 10.6. The first-order chi connectivity index (χ1) is 9.16. The Morgan fingerprint density at radius 3 is 2.42 bits per heavy atom. The average molecular weight is 251 g/mol. The molecular formula is C17H17NO. The summed E-state index contributed by atoms with van der Waals surface area (Å²) in [6.07, 6.45) is 3.45. The molecule has 2 heteroatoms. The van der Waals surface area contributed by atoms with Crippen molar-refractivity contribution in [3.8, 4) is 0 Å². The second-order valence-electron chi connectivity index (χ2n) is 4.55. The van der Waals surface area contributed by atoms with Crippen molar-refractivity contribution in [2.24, 2.45) is 0 Å². The molecule has 0 heterocycles. The maximum absolute atomic E-state index is 12.1. The third-order valence-corrected chi connectivity index (χ3v) is 2.87. The van der Waals surface area contributed by atoms with Gasteiger partial charge in [-0.25, -0.2) is 0 Å². The van der Waals surface area contributed by atoms with Crippen LogP contribution in [0.1, 0.15) is 15.9 Å². The van der Waals surface area contributed by atoms with Crippen LogP contribution in [0.3, 0.4) is 0 Å². The monoisotopic (exact) mass is 251 g/mol. The minimum absolute atomic E-state index is 0.0209. The Bertz CT molecular complexity index is 585. The van der Waals surface area contributed by atoms with Gasteiger partial charge in [0.2, 0.25) is 0 Å². The summed E-state index contributed by atoms with van der Waals surface area (Å²) >= 11 is 0. The standard InChI is InChI=1S/C17H17NO/c1-18(2)16-10-6-9-15(13-16)17(19)12-11-14-7-4-3-5-8-14/h3-13H,1-2H3. The first kappa shape index (κ1) is 13.1. The predicted molar refractivity (Wildman–Crippen MR) is 80.6 cm³/mol. The van der Waals surface area contributed by atoms with E-state index < -0.39 is 0 Å². The molecule has 0 atom stereocenters. The SMILES string of the molecule is CN(C)c1cccc(C(=O)C=Cc2ccccc2)c1. The lowest BCUT2D eigenvalue weighted by Gasteiger charge is -2.12. The number of carbonyl (C=O) groups is 1. The molecule has 0 aromatic heterocycles. The van der Waals surface area contributed by atoms with E-state index in [-0.39, 0.29) is 5.78 Å². The van der Waals surface area contributed by atoms with E-state index in [0.717, 1.165) is 11.3 Å². The number of allylic oxidation sites excluding steroid dienone is 1. The number of nitrogens with zero attached hydrogens (tertiary/aromatic N) is 1. The highest BCUT2D eigenvalue weighted by molar-refractivity contribution is 6.07. The summed E-state index contributed by atoms with van der Waals surface area (Å²) in [4.78, 5) is 14.1. The smallest absolute Gasteiger partial charge is 0.185 e. The second kappa shape index (κ2) is 6.01. The van der Waals surface area contributed by atoms with Gasteiger partial charge in [-0.2, -0.15) is 0 Å². The van der Waals surface area contributed by atoms with Crippen LogP contribution in [0.5, 0.6) is 0 Å². The van der Waals surface area contributed by atoms with Crippen LogP contribution in [0.25, 0.3) is 6.08 Å². The fourth-order valence-electron chi connectivity index (χ4n) is 1.77.